The maximum Gasteiger partial charge on any atom is 0.0406 e. The number of aryl methyl sites for hydroxylation is 3. The molecule has 0 aliphatic rings. The Bertz CT molecular complexity index is 520. The minimum absolute atomic E-state index is 0.896. The highest BCUT2D eigenvalue weighted by Crippen LogP contribution is 2.17. The Labute approximate surface area is 123 Å². The standard InChI is InChI=1S/C19H25N/c1-4-5-9-17-10-12-18(13-11-17)20-14-19-15(2)7-6-8-16(19)3/h6-8,10-13,20H,4-5,9,14H2,1-3H3. The minimum Gasteiger partial charge on any atom is -0.381 e. The van der Waals surface area contributed by atoms with E-state index in [-0.39, 0.29) is 0 Å². The van der Waals surface area contributed by atoms with Crippen LogP contribution in [0.1, 0.15) is 42.0 Å². The van der Waals surface area contributed by atoms with Gasteiger partial charge < -0.3 is 5.32 Å². The molecule has 0 fully saturated rings. The second-order valence-electron chi connectivity index (χ2n) is 5.52. The Kier molecular flexibility index (Phi) is 5.23. The molecule has 0 saturated heterocycles. The molecule has 0 saturated carbocycles. The van der Waals surface area contributed by atoms with Crippen LogP contribution in [0.15, 0.2) is 42.5 Å². The molecule has 0 aliphatic heterocycles. The Hall–Kier alpha value is -1.76. The van der Waals surface area contributed by atoms with Gasteiger partial charge in [-0.3, -0.25) is 0 Å². The first kappa shape index (κ1) is 14.6. The summed E-state index contributed by atoms with van der Waals surface area (Å²) in [4.78, 5) is 0. The van der Waals surface area contributed by atoms with Crippen molar-refractivity contribution >= 4 is 5.69 Å². The summed E-state index contributed by atoms with van der Waals surface area (Å²) in [6.07, 6.45) is 3.72. The zero-order chi connectivity index (χ0) is 14.4. The van der Waals surface area contributed by atoms with Gasteiger partial charge >= 0.3 is 0 Å². The van der Waals surface area contributed by atoms with Crippen molar-refractivity contribution in [1.82, 2.24) is 0 Å². The van der Waals surface area contributed by atoms with E-state index in [2.05, 4.69) is 68.6 Å². The summed E-state index contributed by atoms with van der Waals surface area (Å²) in [5, 5.41) is 3.53. The lowest BCUT2D eigenvalue weighted by Crippen LogP contribution is -2.03. The predicted octanol–water partition coefficient (Wildman–Crippen LogP) is 5.26. The van der Waals surface area contributed by atoms with Crippen LogP contribution in [0.5, 0.6) is 0 Å². The van der Waals surface area contributed by atoms with Crippen LogP contribution in [0.3, 0.4) is 0 Å². The third-order valence-electron chi connectivity index (χ3n) is 3.89. The molecule has 0 spiro atoms. The summed E-state index contributed by atoms with van der Waals surface area (Å²) in [5.41, 5.74) is 6.76. The Morgan fingerprint density at radius 1 is 0.900 bits per heavy atom. The molecule has 2 aromatic rings. The zero-order valence-corrected chi connectivity index (χ0v) is 12.9. The fourth-order valence-corrected chi connectivity index (χ4v) is 2.49. The van der Waals surface area contributed by atoms with E-state index in [0.717, 1.165) is 6.54 Å². The fourth-order valence-electron chi connectivity index (χ4n) is 2.49. The van der Waals surface area contributed by atoms with E-state index in [1.54, 1.807) is 0 Å². The van der Waals surface area contributed by atoms with Crippen LogP contribution in [-0.2, 0) is 13.0 Å². The van der Waals surface area contributed by atoms with Crippen molar-refractivity contribution in [3.63, 3.8) is 0 Å². The summed E-state index contributed by atoms with van der Waals surface area (Å²) in [6, 6.07) is 15.3. The van der Waals surface area contributed by atoms with Crippen molar-refractivity contribution in [3.05, 3.63) is 64.7 Å². The highest BCUT2D eigenvalue weighted by atomic mass is 14.9. The molecule has 1 N–H and O–H groups in total. The van der Waals surface area contributed by atoms with Crippen LogP contribution >= 0.6 is 0 Å². The lowest BCUT2D eigenvalue weighted by molar-refractivity contribution is 0.795. The number of nitrogens with one attached hydrogen (secondary N) is 1. The number of unbranched alkanes of at least 4 members (excludes halogenated alkanes) is 1. The van der Waals surface area contributed by atoms with E-state index >= 15 is 0 Å². The number of anilines is 1. The van der Waals surface area contributed by atoms with Crippen molar-refractivity contribution in [3.8, 4) is 0 Å². The zero-order valence-electron chi connectivity index (χ0n) is 12.9. The quantitative estimate of drug-likeness (QED) is 0.753. The average molecular weight is 267 g/mol. The van der Waals surface area contributed by atoms with E-state index in [0.29, 0.717) is 0 Å². The molecule has 0 heterocycles. The normalized spacial score (nSPS) is 10.6. The van der Waals surface area contributed by atoms with Gasteiger partial charge in [0.05, 0.1) is 0 Å². The molecule has 0 atom stereocenters. The van der Waals surface area contributed by atoms with Gasteiger partial charge in [-0.25, -0.2) is 0 Å². The van der Waals surface area contributed by atoms with Crippen molar-refractivity contribution in [1.29, 1.82) is 0 Å². The second kappa shape index (κ2) is 7.14. The van der Waals surface area contributed by atoms with E-state index in [9.17, 15) is 0 Å². The van der Waals surface area contributed by atoms with Gasteiger partial charge in [0.25, 0.3) is 0 Å². The molecule has 2 aromatic carbocycles. The van der Waals surface area contributed by atoms with Crippen LogP contribution in [0.4, 0.5) is 5.69 Å². The monoisotopic (exact) mass is 267 g/mol. The molecule has 1 heteroatoms. The lowest BCUT2D eigenvalue weighted by atomic mass is 10.0. The Morgan fingerprint density at radius 3 is 2.15 bits per heavy atom. The van der Waals surface area contributed by atoms with Gasteiger partial charge in [-0.2, -0.15) is 0 Å². The van der Waals surface area contributed by atoms with Crippen LogP contribution in [0.25, 0.3) is 0 Å². The van der Waals surface area contributed by atoms with E-state index in [1.807, 2.05) is 0 Å². The summed E-state index contributed by atoms with van der Waals surface area (Å²) in [6.45, 7) is 7.49. The van der Waals surface area contributed by atoms with Gasteiger partial charge in [-0.1, -0.05) is 43.7 Å². The average Bonchev–Trinajstić information content (AvgIpc) is 2.46. The van der Waals surface area contributed by atoms with Crippen molar-refractivity contribution in [2.24, 2.45) is 0 Å². The predicted molar refractivity (Wildman–Crippen MR) is 88.3 cm³/mol. The number of hydrogen-bond acceptors (Lipinski definition) is 1. The van der Waals surface area contributed by atoms with Crippen LogP contribution in [0, 0.1) is 13.8 Å². The summed E-state index contributed by atoms with van der Waals surface area (Å²) in [7, 11) is 0. The Morgan fingerprint density at radius 2 is 1.55 bits per heavy atom. The molecule has 106 valence electrons. The maximum absolute atomic E-state index is 3.53. The molecule has 0 radical (unpaired) electrons. The van der Waals surface area contributed by atoms with Crippen molar-refractivity contribution < 1.29 is 0 Å². The van der Waals surface area contributed by atoms with E-state index < -0.39 is 0 Å². The number of benzene rings is 2. The molecule has 1 nitrogen and oxygen atoms in total. The van der Waals surface area contributed by atoms with Gasteiger partial charge in [-0.15, -0.1) is 0 Å². The largest absolute Gasteiger partial charge is 0.381 e. The van der Waals surface area contributed by atoms with E-state index in [4.69, 9.17) is 0 Å². The first-order chi connectivity index (χ1) is 9.70. The fraction of sp³-hybridized carbons (Fsp3) is 0.368. The highest BCUT2D eigenvalue weighted by molar-refractivity contribution is 5.46. The van der Waals surface area contributed by atoms with Crippen molar-refractivity contribution in [2.45, 2.75) is 46.6 Å². The smallest absolute Gasteiger partial charge is 0.0406 e. The molecule has 0 unspecified atom stereocenters. The molecule has 0 aliphatic carbocycles. The first-order valence-corrected chi connectivity index (χ1v) is 7.58. The number of hydrogen-bond donors (Lipinski definition) is 1. The Balaban J connectivity index is 1.97. The van der Waals surface area contributed by atoms with Gasteiger partial charge in [-0.05, 0) is 61.1 Å². The lowest BCUT2D eigenvalue weighted by Gasteiger charge is -2.12. The third-order valence-corrected chi connectivity index (χ3v) is 3.89. The SMILES string of the molecule is CCCCc1ccc(NCc2c(C)cccc2C)cc1. The van der Waals surface area contributed by atoms with Crippen LogP contribution in [-0.4, -0.2) is 0 Å². The first-order valence-electron chi connectivity index (χ1n) is 7.58. The van der Waals surface area contributed by atoms with E-state index in [1.165, 1.54) is 47.2 Å². The summed E-state index contributed by atoms with van der Waals surface area (Å²) < 4.78 is 0. The number of rotatable bonds is 6. The molecular formula is C19H25N. The molecule has 2 rings (SSSR count). The highest BCUT2D eigenvalue weighted by Gasteiger charge is 2.02. The molecule has 20 heavy (non-hydrogen) atoms. The van der Waals surface area contributed by atoms with Gasteiger partial charge in [0.1, 0.15) is 0 Å². The van der Waals surface area contributed by atoms with Gasteiger partial charge in [0.15, 0.2) is 0 Å². The van der Waals surface area contributed by atoms with Crippen LogP contribution in [0.2, 0.25) is 0 Å². The van der Waals surface area contributed by atoms with Crippen molar-refractivity contribution in [2.75, 3.05) is 5.32 Å². The summed E-state index contributed by atoms with van der Waals surface area (Å²) >= 11 is 0. The maximum atomic E-state index is 3.53. The molecule has 0 amide bonds. The molecule has 0 aromatic heterocycles. The molecular weight excluding hydrogens is 242 g/mol. The minimum atomic E-state index is 0.896. The molecule has 0 bridgehead atoms. The topological polar surface area (TPSA) is 12.0 Å². The van der Waals surface area contributed by atoms with Crippen LogP contribution < -0.4 is 5.32 Å². The second-order valence-corrected chi connectivity index (χ2v) is 5.52. The van der Waals surface area contributed by atoms with Gasteiger partial charge in [0, 0.05) is 12.2 Å². The third kappa shape index (κ3) is 3.86. The summed E-state index contributed by atoms with van der Waals surface area (Å²) in [5.74, 6) is 0. The van der Waals surface area contributed by atoms with Gasteiger partial charge in [0.2, 0.25) is 0 Å².